The first-order chi connectivity index (χ1) is 12.8. The molecule has 0 saturated heterocycles. The van der Waals surface area contributed by atoms with Crippen molar-refractivity contribution in [1.29, 1.82) is 0 Å². The molecule has 0 bridgehead atoms. The molecule has 0 aliphatic carbocycles. The van der Waals surface area contributed by atoms with E-state index in [9.17, 15) is 4.79 Å². The maximum Gasteiger partial charge on any atom is 0.251 e. The van der Waals surface area contributed by atoms with Crippen LogP contribution < -0.4 is 5.32 Å². The minimum atomic E-state index is -0.139. The molecule has 0 aliphatic heterocycles. The lowest BCUT2D eigenvalue weighted by Gasteiger charge is -2.19. The number of hydrogen-bond donors (Lipinski definition) is 2. The Balaban J connectivity index is 1.76. The van der Waals surface area contributed by atoms with E-state index in [0.29, 0.717) is 16.2 Å². The molecule has 1 aromatic heterocycles. The summed E-state index contributed by atoms with van der Waals surface area (Å²) in [6.45, 7) is 8.75. The van der Waals surface area contributed by atoms with Crippen molar-refractivity contribution < 1.29 is 4.79 Å². The quantitative estimate of drug-likeness (QED) is 0.657. The Hall–Kier alpha value is -2.73. The average Bonchev–Trinajstić information content (AvgIpc) is 2.99. The van der Waals surface area contributed by atoms with E-state index in [1.165, 1.54) is 5.56 Å². The summed E-state index contributed by atoms with van der Waals surface area (Å²) in [5.74, 6) is 0.519. The van der Waals surface area contributed by atoms with Gasteiger partial charge in [-0.2, -0.15) is 5.10 Å². The number of aromatic amines is 1. The van der Waals surface area contributed by atoms with Crippen LogP contribution in [0.15, 0.2) is 48.5 Å². The van der Waals surface area contributed by atoms with Gasteiger partial charge in [0.25, 0.3) is 5.91 Å². The van der Waals surface area contributed by atoms with Crippen molar-refractivity contribution in [3.8, 4) is 5.69 Å². The molecule has 0 unspecified atom stereocenters. The van der Waals surface area contributed by atoms with Crippen LogP contribution in [0.4, 0.5) is 0 Å². The lowest BCUT2D eigenvalue weighted by Crippen LogP contribution is -2.24. The number of aromatic nitrogens is 3. The van der Waals surface area contributed by atoms with Gasteiger partial charge in [0, 0.05) is 11.3 Å². The van der Waals surface area contributed by atoms with Gasteiger partial charge in [-0.1, -0.05) is 45.0 Å². The van der Waals surface area contributed by atoms with Gasteiger partial charge in [0.05, 0.1) is 6.54 Å². The van der Waals surface area contributed by atoms with Gasteiger partial charge in [-0.05, 0) is 59.9 Å². The van der Waals surface area contributed by atoms with E-state index >= 15 is 0 Å². The Morgan fingerprint density at radius 1 is 1.19 bits per heavy atom. The Labute approximate surface area is 164 Å². The summed E-state index contributed by atoms with van der Waals surface area (Å²) in [6.07, 6.45) is 0. The van der Waals surface area contributed by atoms with Crippen LogP contribution in [0.3, 0.4) is 0 Å². The van der Waals surface area contributed by atoms with Crippen LogP contribution in [0.25, 0.3) is 5.69 Å². The minimum Gasteiger partial charge on any atom is -0.345 e. The SMILES string of the molecule is Cc1cccc(-n2c(CNC(=O)c3ccc(C(C)(C)C)cc3)n[nH]c2=S)c1. The van der Waals surface area contributed by atoms with Crippen LogP contribution in [0.5, 0.6) is 0 Å². The largest absolute Gasteiger partial charge is 0.345 e. The van der Waals surface area contributed by atoms with Crippen molar-refractivity contribution in [2.75, 3.05) is 0 Å². The highest BCUT2D eigenvalue weighted by Crippen LogP contribution is 2.22. The third-order valence-corrected chi connectivity index (χ3v) is 4.70. The molecule has 0 radical (unpaired) electrons. The molecular formula is C21H24N4OS. The molecule has 0 aliphatic rings. The number of amides is 1. The zero-order valence-electron chi connectivity index (χ0n) is 16.0. The Bertz CT molecular complexity index is 1010. The number of aryl methyl sites for hydroxylation is 1. The second kappa shape index (κ2) is 7.48. The molecule has 1 heterocycles. The van der Waals surface area contributed by atoms with Crippen molar-refractivity contribution in [3.05, 3.63) is 75.8 Å². The smallest absolute Gasteiger partial charge is 0.251 e. The van der Waals surface area contributed by atoms with Crippen LogP contribution in [-0.4, -0.2) is 20.7 Å². The van der Waals surface area contributed by atoms with Gasteiger partial charge in [-0.15, -0.1) is 0 Å². The molecule has 0 spiro atoms. The van der Waals surface area contributed by atoms with E-state index in [4.69, 9.17) is 12.2 Å². The second-order valence-electron chi connectivity index (χ2n) is 7.63. The molecule has 0 atom stereocenters. The Morgan fingerprint density at radius 2 is 1.89 bits per heavy atom. The fourth-order valence-corrected chi connectivity index (χ4v) is 3.12. The number of carbonyl (C=O) groups is 1. The van der Waals surface area contributed by atoms with Gasteiger partial charge < -0.3 is 5.32 Å². The standard InChI is InChI=1S/C21H24N4OS/c1-14-6-5-7-17(12-14)25-18(23-24-20(25)27)13-22-19(26)15-8-10-16(11-9-15)21(2,3)4/h5-12H,13H2,1-4H3,(H,22,26)(H,24,27). The van der Waals surface area contributed by atoms with Crippen molar-refractivity contribution >= 4 is 18.1 Å². The van der Waals surface area contributed by atoms with Gasteiger partial charge in [0.1, 0.15) is 0 Å². The van der Waals surface area contributed by atoms with Crippen LogP contribution in [-0.2, 0) is 12.0 Å². The molecule has 5 nitrogen and oxygen atoms in total. The number of H-pyrrole nitrogens is 1. The number of hydrogen-bond acceptors (Lipinski definition) is 3. The van der Waals surface area contributed by atoms with Crippen LogP contribution in [0, 0.1) is 11.7 Å². The molecule has 6 heteroatoms. The Kier molecular flexibility index (Phi) is 5.28. The third kappa shape index (κ3) is 4.34. The van der Waals surface area contributed by atoms with Gasteiger partial charge in [0.2, 0.25) is 0 Å². The molecular weight excluding hydrogens is 356 g/mol. The first kappa shape index (κ1) is 19.0. The summed E-state index contributed by atoms with van der Waals surface area (Å²) in [5, 5.41) is 10.00. The van der Waals surface area contributed by atoms with E-state index in [0.717, 1.165) is 11.3 Å². The van der Waals surface area contributed by atoms with Gasteiger partial charge in [-0.25, -0.2) is 0 Å². The molecule has 3 rings (SSSR count). The van der Waals surface area contributed by atoms with E-state index in [-0.39, 0.29) is 17.9 Å². The number of nitrogens with zero attached hydrogens (tertiary/aromatic N) is 2. The second-order valence-corrected chi connectivity index (χ2v) is 8.02. The maximum absolute atomic E-state index is 12.5. The highest BCUT2D eigenvalue weighted by Gasteiger charge is 2.15. The van der Waals surface area contributed by atoms with Gasteiger partial charge in [0.15, 0.2) is 10.6 Å². The van der Waals surface area contributed by atoms with Gasteiger partial charge in [-0.3, -0.25) is 14.5 Å². The number of carbonyl (C=O) groups excluding carboxylic acids is 1. The lowest BCUT2D eigenvalue weighted by atomic mass is 9.87. The third-order valence-electron chi connectivity index (χ3n) is 4.42. The maximum atomic E-state index is 12.5. The number of nitrogens with one attached hydrogen (secondary N) is 2. The van der Waals surface area contributed by atoms with E-state index in [2.05, 4.69) is 36.3 Å². The highest BCUT2D eigenvalue weighted by atomic mass is 32.1. The normalized spacial score (nSPS) is 11.4. The summed E-state index contributed by atoms with van der Waals surface area (Å²) >= 11 is 5.35. The topological polar surface area (TPSA) is 62.7 Å². The van der Waals surface area contributed by atoms with E-state index < -0.39 is 0 Å². The van der Waals surface area contributed by atoms with Crippen molar-refractivity contribution in [1.82, 2.24) is 20.1 Å². The zero-order valence-corrected chi connectivity index (χ0v) is 16.9. The molecule has 1 amide bonds. The molecule has 2 N–H and O–H groups in total. The monoisotopic (exact) mass is 380 g/mol. The van der Waals surface area contributed by atoms with Crippen LogP contribution in [0.1, 0.15) is 48.1 Å². The lowest BCUT2D eigenvalue weighted by molar-refractivity contribution is 0.0949. The van der Waals surface area contributed by atoms with Crippen LogP contribution in [0.2, 0.25) is 0 Å². The number of benzene rings is 2. The van der Waals surface area contributed by atoms with Crippen molar-refractivity contribution in [2.24, 2.45) is 0 Å². The zero-order chi connectivity index (χ0) is 19.6. The number of rotatable bonds is 4. The average molecular weight is 381 g/mol. The summed E-state index contributed by atoms with van der Waals surface area (Å²) in [6, 6.07) is 15.7. The molecule has 27 heavy (non-hydrogen) atoms. The van der Waals surface area contributed by atoms with Crippen molar-refractivity contribution in [3.63, 3.8) is 0 Å². The van der Waals surface area contributed by atoms with Gasteiger partial charge >= 0.3 is 0 Å². The first-order valence-electron chi connectivity index (χ1n) is 8.88. The molecule has 2 aromatic carbocycles. The summed E-state index contributed by atoms with van der Waals surface area (Å²) in [5.41, 5.74) is 3.93. The highest BCUT2D eigenvalue weighted by molar-refractivity contribution is 7.71. The molecule has 3 aromatic rings. The van der Waals surface area contributed by atoms with E-state index in [1.54, 1.807) is 0 Å². The van der Waals surface area contributed by atoms with Crippen LogP contribution >= 0.6 is 12.2 Å². The fourth-order valence-electron chi connectivity index (χ4n) is 2.86. The van der Waals surface area contributed by atoms with E-state index in [1.807, 2.05) is 60.0 Å². The predicted molar refractivity (Wildman–Crippen MR) is 110 cm³/mol. The summed E-state index contributed by atoms with van der Waals surface area (Å²) < 4.78 is 2.34. The first-order valence-corrected chi connectivity index (χ1v) is 9.28. The minimum absolute atomic E-state index is 0.0588. The van der Waals surface area contributed by atoms with Crippen molar-refractivity contribution in [2.45, 2.75) is 39.7 Å². The molecule has 0 saturated carbocycles. The summed E-state index contributed by atoms with van der Waals surface area (Å²) in [4.78, 5) is 12.5. The fraction of sp³-hybridized carbons (Fsp3) is 0.286. The molecule has 140 valence electrons. The Morgan fingerprint density at radius 3 is 2.52 bits per heavy atom. The molecule has 0 fully saturated rings. The predicted octanol–water partition coefficient (Wildman–Crippen LogP) is 4.47. The summed E-state index contributed by atoms with van der Waals surface area (Å²) in [7, 11) is 0.